The summed E-state index contributed by atoms with van der Waals surface area (Å²) in [5.41, 5.74) is 9.93. The highest BCUT2D eigenvalue weighted by Crippen LogP contribution is 2.46. The largest absolute Gasteiger partial charge is 0.456 e. The summed E-state index contributed by atoms with van der Waals surface area (Å²) in [6.45, 7) is 0. The third kappa shape index (κ3) is 5.83. The van der Waals surface area contributed by atoms with E-state index in [4.69, 9.17) is 19.4 Å². The summed E-state index contributed by atoms with van der Waals surface area (Å²) in [4.78, 5) is 16.5. The van der Waals surface area contributed by atoms with Crippen molar-refractivity contribution >= 4 is 128 Å². The summed E-state index contributed by atoms with van der Waals surface area (Å²) in [7, 11) is 0. The Bertz CT molecular complexity index is 4830. The zero-order valence-corrected chi connectivity index (χ0v) is 39.9. The number of nitrogens with zero attached hydrogens (tertiary/aromatic N) is 4. The van der Waals surface area contributed by atoms with Crippen LogP contribution >= 0.6 is 22.7 Å². The van der Waals surface area contributed by atoms with E-state index in [0.29, 0.717) is 17.5 Å². The summed E-state index contributed by atoms with van der Waals surface area (Å²) in [6, 6.07) is 78.6. The highest BCUT2D eigenvalue weighted by atomic mass is 32.1. The molecule has 0 spiro atoms. The second kappa shape index (κ2) is 15.2. The van der Waals surface area contributed by atoms with Gasteiger partial charge < -0.3 is 8.98 Å². The molecule has 0 aliphatic carbocycles. The van der Waals surface area contributed by atoms with Gasteiger partial charge in [-0.1, -0.05) is 146 Å². The molecule has 16 rings (SSSR count). The highest BCUT2D eigenvalue weighted by molar-refractivity contribution is 7.26. The van der Waals surface area contributed by atoms with Crippen LogP contribution in [0.1, 0.15) is 0 Å². The van der Waals surface area contributed by atoms with E-state index in [1.54, 1.807) is 22.7 Å². The lowest BCUT2D eigenvalue weighted by Crippen LogP contribution is -2.02. The molecule has 0 aliphatic rings. The Hall–Kier alpha value is -9.01. The number of rotatable bonds is 5. The molecule has 11 aromatic carbocycles. The van der Waals surface area contributed by atoms with E-state index >= 15 is 0 Å². The van der Waals surface area contributed by atoms with Crippen LogP contribution in [0.5, 0.6) is 0 Å². The number of fused-ring (bicyclic) bond motifs is 15. The molecular weight excluding hydrogens is 917 g/mol. The maximum absolute atomic E-state index is 6.61. The Morgan fingerprint density at radius 2 is 0.875 bits per heavy atom. The molecule has 0 N–H and O–H groups in total. The van der Waals surface area contributed by atoms with Crippen molar-refractivity contribution in [2.75, 3.05) is 0 Å². The normalized spacial score (nSPS) is 12.2. The van der Waals surface area contributed by atoms with Crippen molar-refractivity contribution < 1.29 is 4.42 Å². The predicted molar refractivity (Wildman–Crippen MR) is 304 cm³/mol. The zero-order valence-electron chi connectivity index (χ0n) is 38.3. The van der Waals surface area contributed by atoms with Gasteiger partial charge in [0.05, 0.1) is 16.7 Å². The molecule has 5 aromatic heterocycles. The lowest BCUT2D eigenvalue weighted by atomic mass is 9.95. The van der Waals surface area contributed by atoms with E-state index in [9.17, 15) is 0 Å². The molecule has 16 aromatic rings. The van der Waals surface area contributed by atoms with Gasteiger partial charge in [0.15, 0.2) is 17.5 Å². The van der Waals surface area contributed by atoms with Crippen LogP contribution in [-0.4, -0.2) is 19.5 Å². The third-order valence-electron chi connectivity index (χ3n) is 14.6. The molecule has 0 aliphatic heterocycles. The maximum atomic E-state index is 6.61. The van der Waals surface area contributed by atoms with Crippen LogP contribution in [0.2, 0.25) is 0 Å². The van der Waals surface area contributed by atoms with E-state index < -0.39 is 0 Å². The molecule has 334 valence electrons. The van der Waals surface area contributed by atoms with Crippen molar-refractivity contribution in [3.63, 3.8) is 0 Å². The number of thiophene rings is 2. The fraction of sp³-hybridized carbons (Fsp3) is 0. The van der Waals surface area contributed by atoms with Gasteiger partial charge in [0.25, 0.3) is 0 Å². The van der Waals surface area contributed by atoms with Gasteiger partial charge in [-0.25, -0.2) is 15.0 Å². The zero-order chi connectivity index (χ0) is 47.0. The molecular formula is C65H36N4OS2. The standard InChI is InChI=1S/C65H36N4OS2/c1-2-16-39-36-52-49(34-38(39)15-1)59-41-17-4-3-14-37(41)30-33-51(59)69(52)50-32-31-40(35-48(50)42-21-11-25-54-60(42)43-18-5-8-24-53(43)70-54)63-66-64(46-22-12-28-57-61(46)44-19-6-9-26-55(44)71-57)68-65(67-63)47-23-13-29-58-62(47)45-20-7-10-27-56(45)72-58/h1-36H. The molecule has 0 unspecified atom stereocenters. The second-order valence-corrected chi connectivity index (χ2v) is 20.8. The van der Waals surface area contributed by atoms with Gasteiger partial charge in [-0.3, -0.25) is 0 Å². The highest BCUT2D eigenvalue weighted by Gasteiger charge is 2.24. The quantitative estimate of drug-likeness (QED) is 0.172. The first-order chi connectivity index (χ1) is 35.7. The fourth-order valence-electron chi connectivity index (χ4n) is 11.5. The second-order valence-electron chi connectivity index (χ2n) is 18.6. The Kier molecular flexibility index (Phi) is 8.43. The number of benzene rings is 11. The van der Waals surface area contributed by atoms with Gasteiger partial charge >= 0.3 is 0 Å². The molecule has 0 bridgehead atoms. The first kappa shape index (κ1) is 39.8. The van der Waals surface area contributed by atoms with E-state index in [1.807, 2.05) is 6.07 Å². The maximum Gasteiger partial charge on any atom is 0.164 e. The summed E-state index contributed by atoms with van der Waals surface area (Å²) in [5.74, 6) is 1.87. The number of hydrogen-bond acceptors (Lipinski definition) is 6. The average molecular weight is 953 g/mol. The minimum atomic E-state index is 0.597. The first-order valence-electron chi connectivity index (χ1n) is 24.2. The molecule has 0 saturated carbocycles. The van der Waals surface area contributed by atoms with Crippen LogP contribution < -0.4 is 0 Å². The molecule has 72 heavy (non-hydrogen) atoms. The minimum absolute atomic E-state index is 0.597. The Morgan fingerprint density at radius 3 is 1.60 bits per heavy atom. The van der Waals surface area contributed by atoms with E-state index in [2.05, 4.69) is 217 Å². The van der Waals surface area contributed by atoms with Crippen molar-refractivity contribution in [3.05, 3.63) is 218 Å². The molecule has 0 radical (unpaired) electrons. The van der Waals surface area contributed by atoms with E-state index in [-0.39, 0.29) is 0 Å². The van der Waals surface area contributed by atoms with Crippen LogP contribution in [0.15, 0.2) is 223 Å². The Labute approximate surface area is 419 Å². The summed E-state index contributed by atoms with van der Waals surface area (Å²) < 4.78 is 13.9. The van der Waals surface area contributed by atoms with Crippen molar-refractivity contribution in [2.45, 2.75) is 0 Å². The number of para-hydroxylation sites is 1. The van der Waals surface area contributed by atoms with Crippen LogP contribution in [0.4, 0.5) is 0 Å². The fourth-order valence-corrected chi connectivity index (χ4v) is 13.7. The van der Waals surface area contributed by atoms with Crippen LogP contribution in [0.3, 0.4) is 0 Å². The van der Waals surface area contributed by atoms with Gasteiger partial charge in [-0.05, 0) is 99.9 Å². The van der Waals surface area contributed by atoms with Gasteiger partial charge in [-0.15, -0.1) is 22.7 Å². The third-order valence-corrected chi connectivity index (χ3v) is 16.9. The molecule has 0 atom stereocenters. The van der Waals surface area contributed by atoms with Crippen molar-refractivity contribution in [3.8, 4) is 51.0 Å². The van der Waals surface area contributed by atoms with Crippen molar-refractivity contribution in [1.82, 2.24) is 19.5 Å². The van der Waals surface area contributed by atoms with Crippen LogP contribution in [0.25, 0.3) is 157 Å². The monoisotopic (exact) mass is 952 g/mol. The molecule has 0 fully saturated rings. The van der Waals surface area contributed by atoms with Gasteiger partial charge in [0.1, 0.15) is 11.2 Å². The lowest BCUT2D eigenvalue weighted by molar-refractivity contribution is 0.669. The molecule has 5 heterocycles. The van der Waals surface area contributed by atoms with Crippen molar-refractivity contribution in [2.24, 2.45) is 0 Å². The van der Waals surface area contributed by atoms with Gasteiger partial charge in [-0.2, -0.15) is 0 Å². The minimum Gasteiger partial charge on any atom is -0.456 e. The lowest BCUT2D eigenvalue weighted by Gasteiger charge is -2.17. The summed E-state index contributed by atoms with van der Waals surface area (Å²) >= 11 is 3.60. The average Bonchev–Trinajstić information content (AvgIpc) is 4.21. The molecule has 0 amide bonds. The van der Waals surface area contributed by atoms with Crippen LogP contribution in [-0.2, 0) is 0 Å². The molecule has 0 saturated heterocycles. The smallest absolute Gasteiger partial charge is 0.164 e. The predicted octanol–water partition coefficient (Wildman–Crippen LogP) is 18.6. The topological polar surface area (TPSA) is 56.7 Å². The number of furan rings is 1. The SMILES string of the molecule is c1ccc2cc3c(cc2c1)c1c2ccccc2ccc1n3-c1ccc(-c2nc(-c3cccc4sc5ccccc5c34)nc(-c3cccc4sc5ccccc5c34)n2)cc1-c1cccc2oc3ccccc3c12. The van der Waals surface area contributed by atoms with Gasteiger partial charge in [0.2, 0.25) is 0 Å². The molecule has 5 nitrogen and oxygen atoms in total. The number of hydrogen-bond donors (Lipinski definition) is 0. The van der Waals surface area contributed by atoms with Gasteiger partial charge in [0, 0.05) is 84.1 Å². The summed E-state index contributed by atoms with van der Waals surface area (Å²) in [6.07, 6.45) is 0. The first-order valence-corrected chi connectivity index (χ1v) is 25.8. The van der Waals surface area contributed by atoms with E-state index in [1.165, 1.54) is 61.9 Å². The number of aromatic nitrogens is 4. The van der Waals surface area contributed by atoms with E-state index in [0.717, 1.165) is 77.2 Å². The Balaban J connectivity index is 1.02. The molecule has 7 heteroatoms. The van der Waals surface area contributed by atoms with Crippen molar-refractivity contribution in [1.29, 1.82) is 0 Å². The Morgan fingerprint density at radius 1 is 0.319 bits per heavy atom. The van der Waals surface area contributed by atoms with Crippen LogP contribution in [0, 0.1) is 0 Å². The summed E-state index contributed by atoms with van der Waals surface area (Å²) in [5, 5.41) is 14.1.